The number of urea groups is 2. The molecule has 42 heteroatoms. The van der Waals surface area contributed by atoms with Crippen LogP contribution in [0.3, 0.4) is 0 Å². The molecule has 0 aliphatic carbocycles. The van der Waals surface area contributed by atoms with Gasteiger partial charge in [-0.2, -0.15) is 0 Å². The number of hydrogen-bond donors (Lipinski definition) is 20. The number of carboxylic acid groups (broad SMARTS) is 8. The van der Waals surface area contributed by atoms with E-state index >= 15 is 0 Å². The standard InChI is InChI=1S/C93H136N16O26/c110-77(95-44-26-22-37-70(89(127)128)103-93(134)105-72(91(131)132)40-42-81(115)116)38-20-4-3-6-24-46-97-85(122)74(57-66-30-14-9-15-31-66)101-87(124)76(59-68-34-18-11-19-35-68)99-79(112)61-107-49-53-108(62-82(117)118)51-47-106(48-52-109(54-50-107)63-83(119)120)60-78(111)98-75(58-67-32-16-10-17-33-67)86(123)100-73(56-65-28-12-8-13-29-65)84(121)96-45-23-5-1-2-7-27-55-135-64-94-43-25-21-36-69(88(125)126)102-92(133)104-71(90(129)130)39-41-80(113)114/h8-19,28-35,69-76,94H,1-7,20-27,36-64H2,(H,95,110)(H,96,121)(H,97,122)(H,98,111)(H,99,112)(H,100,123)(H,101,124)(H,113,114)(H,115,116)(H,117,118)(H,119,120)(H,125,126)(H,127,128)(H,129,130)(H,131,132)(H2,102,104,133)(H2,103,105,134). The van der Waals surface area contributed by atoms with Crippen molar-refractivity contribution in [2.45, 2.75) is 215 Å². The number of ether oxygens (including phenoxy) is 1. The molecule has 4 aromatic carbocycles. The molecular formula is C93H136N16O26. The van der Waals surface area contributed by atoms with Gasteiger partial charge in [0.25, 0.3) is 0 Å². The summed E-state index contributed by atoms with van der Waals surface area (Å²) in [6, 6.07) is 23.7. The Bertz CT molecular complexity index is 4310. The SMILES string of the molecule is O=C(O)CCC(NC(=O)NC(CCCCNCOCCCCCCCCNC(=O)C(Cc1ccccc1)NC(=O)C(Cc1ccccc1)NC(=O)CN1CCN(CC(=O)O)CCN(CC(=O)NC(Cc2ccccc2)C(=O)NC(Cc2ccccc2)C(=O)NCCCCCCCC(=O)NCCCCC(NC(=O)NC(CCC(=O)O)C(=O)O)C(=O)O)CCN(CC(=O)O)CC1)C(=O)O)C(=O)O. The van der Waals surface area contributed by atoms with Crippen LogP contribution in [-0.4, -0.2) is 328 Å². The zero-order chi connectivity index (χ0) is 98.5. The summed E-state index contributed by atoms with van der Waals surface area (Å²) in [5.41, 5.74) is 2.91. The van der Waals surface area contributed by atoms with Crippen LogP contribution in [0.4, 0.5) is 9.59 Å². The van der Waals surface area contributed by atoms with Crippen LogP contribution in [-0.2, 0) is 102 Å². The number of carbonyl (C=O) groups excluding carboxylic acids is 9. The maximum Gasteiger partial charge on any atom is 0.326 e. The fourth-order valence-electron chi connectivity index (χ4n) is 14.8. The summed E-state index contributed by atoms with van der Waals surface area (Å²) in [6.07, 6.45) is 8.54. The molecule has 11 amide bonds. The smallest absolute Gasteiger partial charge is 0.326 e. The topological polar surface area (TPSA) is 619 Å². The number of carboxylic acids is 8. The minimum atomic E-state index is -1.55. The lowest BCUT2D eigenvalue weighted by atomic mass is 10.0. The molecule has 0 spiro atoms. The second-order valence-corrected chi connectivity index (χ2v) is 33.3. The number of rotatable bonds is 67. The molecule has 5 rings (SSSR count). The van der Waals surface area contributed by atoms with E-state index in [1.165, 1.54) is 0 Å². The van der Waals surface area contributed by atoms with Crippen LogP contribution in [0.2, 0.25) is 0 Å². The van der Waals surface area contributed by atoms with Crippen molar-refractivity contribution in [3.05, 3.63) is 144 Å². The number of nitrogens with zero attached hydrogens (tertiary/aromatic N) is 4. The molecule has 1 fully saturated rings. The van der Waals surface area contributed by atoms with Gasteiger partial charge in [-0.05, 0) is 106 Å². The van der Waals surface area contributed by atoms with Crippen LogP contribution in [0.1, 0.15) is 164 Å². The zero-order valence-corrected chi connectivity index (χ0v) is 76.5. The first-order valence-electron chi connectivity index (χ1n) is 46.1. The van der Waals surface area contributed by atoms with Crippen molar-refractivity contribution < 1.29 is 127 Å². The highest BCUT2D eigenvalue weighted by Gasteiger charge is 2.33. The summed E-state index contributed by atoms with van der Waals surface area (Å²) in [5, 5.41) is 108. The van der Waals surface area contributed by atoms with E-state index in [2.05, 4.69) is 63.8 Å². The molecule has 4 aromatic rings. The molecule has 8 unspecified atom stereocenters. The van der Waals surface area contributed by atoms with Crippen LogP contribution in [0.25, 0.3) is 0 Å². The molecule has 1 heterocycles. The third-order valence-electron chi connectivity index (χ3n) is 22.2. The lowest BCUT2D eigenvalue weighted by molar-refractivity contribution is -0.142. The lowest BCUT2D eigenvalue weighted by Crippen LogP contribution is -2.57. The Morgan fingerprint density at radius 3 is 0.889 bits per heavy atom. The molecule has 8 atom stereocenters. The van der Waals surface area contributed by atoms with Crippen molar-refractivity contribution in [3.8, 4) is 0 Å². The maximum atomic E-state index is 14.7. The third kappa shape index (κ3) is 51.3. The summed E-state index contributed by atoms with van der Waals surface area (Å²) < 4.78 is 5.70. The number of unbranched alkanes of at least 4 members (excludes halogenated alkanes) is 11. The van der Waals surface area contributed by atoms with Gasteiger partial charge in [-0.25, -0.2) is 28.8 Å². The molecule has 1 saturated heterocycles. The van der Waals surface area contributed by atoms with E-state index in [9.17, 15) is 112 Å². The van der Waals surface area contributed by atoms with Crippen molar-refractivity contribution >= 4 is 101 Å². The molecule has 0 radical (unpaired) electrons. The van der Waals surface area contributed by atoms with E-state index in [0.717, 1.165) is 49.7 Å². The molecule has 0 bridgehead atoms. The molecule has 42 nitrogen and oxygen atoms in total. The van der Waals surface area contributed by atoms with Gasteiger partial charge < -0.3 is 104 Å². The molecule has 0 aromatic heterocycles. The van der Waals surface area contributed by atoms with Crippen LogP contribution in [0.15, 0.2) is 121 Å². The Labute approximate surface area is 785 Å². The largest absolute Gasteiger partial charge is 0.481 e. The van der Waals surface area contributed by atoms with Gasteiger partial charge >= 0.3 is 59.8 Å². The fraction of sp³-hybridized carbons (Fsp3) is 0.559. The van der Waals surface area contributed by atoms with Crippen LogP contribution in [0, 0.1) is 0 Å². The van der Waals surface area contributed by atoms with Crippen molar-refractivity contribution in [2.75, 3.05) is 118 Å². The third-order valence-corrected chi connectivity index (χ3v) is 22.2. The van der Waals surface area contributed by atoms with E-state index in [1.54, 1.807) is 92.4 Å². The van der Waals surface area contributed by atoms with E-state index in [0.29, 0.717) is 82.2 Å². The zero-order valence-electron chi connectivity index (χ0n) is 76.5. The van der Waals surface area contributed by atoms with Crippen LogP contribution >= 0.6 is 0 Å². The number of aliphatic carboxylic acids is 8. The number of carbonyl (C=O) groups is 17. The van der Waals surface area contributed by atoms with E-state index < -0.39 is 176 Å². The predicted octanol–water partition coefficient (Wildman–Crippen LogP) is 2.36. The van der Waals surface area contributed by atoms with Crippen LogP contribution < -0.4 is 63.8 Å². The average Bonchev–Trinajstić information content (AvgIpc) is 0.857. The summed E-state index contributed by atoms with van der Waals surface area (Å²) in [5.74, 6) is -14.0. The maximum absolute atomic E-state index is 14.7. The average molecular weight is 1890 g/mol. The molecule has 1 aliphatic rings. The van der Waals surface area contributed by atoms with Gasteiger partial charge in [-0.15, -0.1) is 0 Å². The van der Waals surface area contributed by atoms with Crippen molar-refractivity contribution in [1.82, 2.24) is 83.4 Å². The predicted molar refractivity (Wildman–Crippen MR) is 493 cm³/mol. The van der Waals surface area contributed by atoms with Gasteiger partial charge in [-0.3, -0.25) is 77.7 Å². The fourth-order valence-corrected chi connectivity index (χ4v) is 14.8. The molecule has 135 heavy (non-hydrogen) atoms. The minimum Gasteiger partial charge on any atom is -0.481 e. The summed E-state index contributed by atoms with van der Waals surface area (Å²) in [7, 11) is 0. The Morgan fingerprint density at radius 2 is 0.556 bits per heavy atom. The number of nitrogens with one attached hydrogen (secondary N) is 12. The molecule has 1 aliphatic heterocycles. The Hall–Kier alpha value is -12.8. The second-order valence-electron chi connectivity index (χ2n) is 33.3. The first-order valence-corrected chi connectivity index (χ1v) is 46.1. The minimum absolute atomic E-state index is 0.0157. The monoisotopic (exact) mass is 1890 g/mol. The first kappa shape index (κ1) is 113. The van der Waals surface area contributed by atoms with Crippen molar-refractivity contribution in [1.29, 1.82) is 0 Å². The van der Waals surface area contributed by atoms with Crippen molar-refractivity contribution in [2.24, 2.45) is 0 Å². The molecule has 744 valence electrons. The normalized spacial score (nSPS) is 14.6. The van der Waals surface area contributed by atoms with Gasteiger partial charge in [0.15, 0.2) is 0 Å². The highest BCUT2D eigenvalue weighted by molar-refractivity contribution is 5.94. The highest BCUT2D eigenvalue weighted by atomic mass is 16.5. The van der Waals surface area contributed by atoms with Gasteiger partial charge in [-0.1, -0.05) is 166 Å². The van der Waals surface area contributed by atoms with E-state index in [-0.39, 0.29) is 149 Å². The van der Waals surface area contributed by atoms with Gasteiger partial charge in [0.2, 0.25) is 41.4 Å². The highest BCUT2D eigenvalue weighted by Crippen LogP contribution is 2.15. The van der Waals surface area contributed by atoms with Gasteiger partial charge in [0, 0.05) is 124 Å². The number of benzene rings is 4. The lowest BCUT2D eigenvalue weighted by Gasteiger charge is -2.33. The second kappa shape index (κ2) is 65.8. The van der Waals surface area contributed by atoms with Crippen LogP contribution in [0.5, 0.6) is 0 Å². The number of hydrogen-bond acceptors (Lipinski definition) is 23. The van der Waals surface area contributed by atoms with Crippen molar-refractivity contribution in [3.63, 3.8) is 0 Å². The summed E-state index contributed by atoms with van der Waals surface area (Å²) >= 11 is 0. The molecule has 20 N–H and O–H groups in total. The van der Waals surface area contributed by atoms with Gasteiger partial charge in [0.05, 0.1) is 32.9 Å². The van der Waals surface area contributed by atoms with E-state index in [1.807, 2.05) is 48.5 Å². The number of amides is 11. The molecule has 0 saturated carbocycles. The summed E-state index contributed by atoms with van der Waals surface area (Å²) in [4.78, 5) is 224. The van der Waals surface area contributed by atoms with Gasteiger partial charge in [0.1, 0.15) is 48.3 Å². The first-order chi connectivity index (χ1) is 64.8. The van der Waals surface area contributed by atoms with E-state index in [4.69, 9.17) is 14.9 Å². The Balaban J connectivity index is 1.12. The Morgan fingerprint density at radius 1 is 0.267 bits per heavy atom. The molecular weight excluding hydrogens is 1760 g/mol. The quantitative estimate of drug-likeness (QED) is 0.0223. The Kier molecular flexibility index (Phi) is 54.9. The summed E-state index contributed by atoms with van der Waals surface area (Å²) in [6.45, 7) is 1.34.